The Morgan fingerprint density at radius 2 is 1.92 bits per heavy atom. The average Bonchev–Trinajstić information content (AvgIpc) is 2.81. The van der Waals surface area contributed by atoms with Crippen LogP contribution in [0.3, 0.4) is 0 Å². The number of imide groups is 1. The van der Waals surface area contributed by atoms with Crippen molar-refractivity contribution in [1.82, 2.24) is 0 Å². The van der Waals surface area contributed by atoms with Crippen LogP contribution in [0.1, 0.15) is 15.9 Å². The highest BCUT2D eigenvalue weighted by atomic mass is 32.2. The van der Waals surface area contributed by atoms with Crippen LogP contribution < -0.4 is 10.2 Å². The van der Waals surface area contributed by atoms with Crippen molar-refractivity contribution in [2.45, 2.75) is 12.3 Å². The van der Waals surface area contributed by atoms with E-state index in [0.29, 0.717) is 11.4 Å². The molecule has 2 aromatic rings. The van der Waals surface area contributed by atoms with Crippen LogP contribution in [0.15, 0.2) is 48.5 Å². The van der Waals surface area contributed by atoms with Gasteiger partial charge in [0.2, 0.25) is 0 Å². The van der Waals surface area contributed by atoms with E-state index in [0.717, 1.165) is 22.2 Å². The molecule has 2 amide bonds. The normalized spacial score (nSPS) is 17.2. The molecule has 1 atom stereocenters. The highest BCUT2D eigenvalue weighted by molar-refractivity contribution is 8.16. The molecule has 24 heavy (non-hydrogen) atoms. The molecule has 2 aromatic carbocycles. The lowest BCUT2D eigenvalue weighted by Gasteiger charge is -2.15. The lowest BCUT2D eigenvalue weighted by atomic mass is 10.2. The lowest BCUT2D eigenvalue weighted by molar-refractivity contribution is -0.116. The summed E-state index contributed by atoms with van der Waals surface area (Å²) in [4.78, 5) is 36.9. The van der Waals surface area contributed by atoms with E-state index in [1.807, 2.05) is 13.0 Å². The minimum Gasteiger partial charge on any atom is -0.478 e. The molecule has 2 N–H and O–H groups in total. The van der Waals surface area contributed by atoms with Gasteiger partial charge in [-0.3, -0.25) is 9.59 Å². The van der Waals surface area contributed by atoms with Crippen molar-refractivity contribution in [3.05, 3.63) is 59.7 Å². The predicted molar refractivity (Wildman–Crippen MR) is 92.5 cm³/mol. The number of carbonyl (C=O) groups excluding carboxylic acids is 2. The van der Waals surface area contributed by atoms with Crippen LogP contribution in [-0.4, -0.2) is 27.6 Å². The molecule has 122 valence electrons. The van der Waals surface area contributed by atoms with E-state index in [-0.39, 0.29) is 16.7 Å². The van der Waals surface area contributed by atoms with Gasteiger partial charge >= 0.3 is 5.97 Å². The number of thioether (sulfide) groups is 1. The molecular formula is C17H14N2O4S. The maximum atomic E-state index is 12.6. The number of hydrogen-bond acceptors (Lipinski definition) is 5. The van der Waals surface area contributed by atoms with Crippen molar-refractivity contribution in [1.29, 1.82) is 0 Å². The molecule has 0 spiro atoms. The number of nitrogens with one attached hydrogen (secondary N) is 1. The Kier molecular flexibility index (Phi) is 4.26. The van der Waals surface area contributed by atoms with Crippen LogP contribution in [0, 0.1) is 6.92 Å². The first-order chi connectivity index (χ1) is 11.5. The zero-order valence-corrected chi connectivity index (χ0v) is 13.5. The smallest absolute Gasteiger partial charge is 0.335 e. The summed E-state index contributed by atoms with van der Waals surface area (Å²) in [5.41, 5.74) is 2.06. The Balaban J connectivity index is 1.82. The summed E-state index contributed by atoms with van der Waals surface area (Å²) in [7, 11) is 0. The molecule has 0 radical (unpaired) electrons. The molecule has 3 rings (SSSR count). The minimum absolute atomic E-state index is 0.109. The molecule has 0 aliphatic carbocycles. The fraction of sp³-hybridized carbons (Fsp3) is 0.118. The van der Waals surface area contributed by atoms with Gasteiger partial charge in [-0.25, -0.2) is 9.69 Å². The first kappa shape index (κ1) is 16.1. The second kappa shape index (κ2) is 6.37. The molecule has 7 heteroatoms. The number of aromatic carboxylic acids is 1. The fourth-order valence-corrected chi connectivity index (χ4v) is 3.30. The second-order valence-corrected chi connectivity index (χ2v) is 6.36. The SMILES string of the molecule is Cc1cccc(N2C(=O)S[C@@H](Nc3cccc(C(=O)O)c3)C2=O)c1. The molecular weight excluding hydrogens is 328 g/mol. The molecule has 1 aliphatic heterocycles. The first-order valence-corrected chi connectivity index (χ1v) is 8.05. The van der Waals surface area contributed by atoms with Gasteiger partial charge in [-0.05, 0) is 54.6 Å². The summed E-state index contributed by atoms with van der Waals surface area (Å²) in [6.07, 6.45) is 0. The maximum Gasteiger partial charge on any atom is 0.335 e. The molecule has 1 fully saturated rings. The van der Waals surface area contributed by atoms with Crippen LogP contribution >= 0.6 is 11.8 Å². The number of aryl methyl sites for hydroxylation is 1. The predicted octanol–water partition coefficient (Wildman–Crippen LogP) is 3.33. The van der Waals surface area contributed by atoms with E-state index in [9.17, 15) is 14.4 Å². The largest absolute Gasteiger partial charge is 0.478 e. The number of carbonyl (C=O) groups is 3. The van der Waals surface area contributed by atoms with Crippen molar-refractivity contribution in [2.75, 3.05) is 10.2 Å². The summed E-state index contributed by atoms with van der Waals surface area (Å²) >= 11 is 0.870. The third-order valence-corrected chi connectivity index (χ3v) is 4.45. The van der Waals surface area contributed by atoms with Gasteiger partial charge in [0.1, 0.15) is 0 Å². The number of nitrogens with zero attached hydrogens (tertiary/aromatic N) is 1. The highest BCUT2D eigenvalue weighted by Crippen LogP contribution is 2.32. The zero-order chi connectivity index (χ0) is 17.3. The topological polar surface area (TPSA) is 86.7 Å². The van der Waals surface area contributed by atoms with E-state index in [2.05, 4.69) is 5.32 Å². The summed E-state index contributed by atoms with van der Waals surface area (Å²) in [5.74, 6) is -1.43. The third-order valence-electron chi connectivity index (χ3n) is 3.51. The van der Waals surface area contributed by atoms with Crippen LogP contribution in [-0.2, 0) is 4.79 Å². The van der Waals surface area contributed by atoms with E-state index in [1.165, 1.54) is 12.1 Å². The number of anilines is 2. The first-order valence-electron chi connectivity index (χ1n) is 7.17. The van der Waals surface area contributed by atoms with E-state index in [4.69, 9.17) is 5.11 Å². The number of hydrogen-bond donors (Lipinski definition) is 2. The summed E-state index contributed by atoms with van der Waals surface area (Å²) in [6, 6.07) is 13.3. The number of carboxylic acids is 1. The van der Waals surface area contributed by atoms with Crippen LogP contribution in [0.25, 0.3) is 0 Å². The van der Waals surface area contributed by atoms with Crippen molar-refractivity contribution < 1.29 is 19.5 Å². The number of rotatable bonds is 4. The Hall–Kier alpha value is -2.80. The van der Waals surface area contributed by atoms with Gasteiger partial charge in [-0.1, -0.05) is 18.2 Å². The van der Waals surface area contributed by atoms with Gasteiger partial charge in [0.15, 0.2) is 5.37 Å². The summed E-state index contributed by atoms with van der Waals surface area (Å²) in [6.45, 7) is 1.88. The molecule has 0 aromatic heterocycles. The van der Waals surface area contributed by atoms with Gasteiger partial charge in [0.25, 0.3) is 11.1 Å². The number of benzene rings is 2. The minimum atomic E-state index is -1.05. The molecule has 1 aliphatic rings. The molecule has 0 unspecified atom stereocenters. The average molecular weight is 342 g/mol. The van der Waals surface area contributed by atoms with Crippen LogP contribution in [0.5, 0.6) is 0 Å². The van der Waals surface area contributed by atoms with Crippen molar-refractivity contribution in [3.8, 4) is 0 Å². The van der Waals surface area contributed by atoms with Crippen molar-refractivity contribution in [3.63, 3.8) is 0 Å². The monoisotopic (exact) mass is 342 g/mol. The van der Waals surface area contributed by atoms with Crippen LogP contribution in [0.2, 0.25) is 0 Å². The van der Waals surface area contributed by atoms with Gasteiger partial charge in [-0.15, -0.1) is 0 Å². The Morgan fingerprint density at radius 3 is 2.62 bits per heavy atom. The molecule has 1 heterocycles. The fourth-order valence-electron chi connectivity index (χ4n) is 2.40. The standard InChI is InChI=1S/C17H14N2O4S/c1-10-4-2-7-13(8-10)19-15(20)14(24-17(19)23)18-12-6-3-5-11(9-12)16(21)22/h2-9,14,18H,1H3,(H,21,22)/t14-/m1/s1. The Morgan fingerprint density at radius 1 is 1.17 bits per heavy atom. The summed E-state index contributed by atoms with van der Waals surface area (Å²) in [5, 5.41) is 10.8. The van der Waals surface area contributed by atoms with Gasteiger partial charge in [-0.2, -0.15) is 0 Å². The number of amides is 2. The molecule has 0 saturated carbocycles. The van der Waals surface area contributed by atoms with E-state index in [1.54, 1.807) is 30.3 Å². The quantitative estimate of drug-likeness (QED) is 0.886. The second-order valence-electron chi connectivity index (χ2n) is 5.31. The molecule has 6 nitrogen and oxygen atoms in total. The molecule has 0 bridgehead atoms. The lowest BCUT2D eigenvalue weighted by Crippen LogP contribution is -2.34. The van der Waals surface area contributed by atoms with Gasteiger partial charge in [0, 0.05) is 5.69 Å². The van der Waals surface area contributed by atoms with Crippen LogP contribution in [0.4, 0.5) is 16.2 Å². The zero-order valence-electron chi connectivity index (χ0n) is 12.7. The number of carboxylic acid groups (broad SMARTS) is 1. The Bertz CT molecular complexity index is 837. The third kappa shape index (κ3) is 3.11. The summed E-state index contributed by atoms with van der Waals surface area (Å²) < 4.78 is 0. The molecule has 1 saturated heterocycles. The van der Waals surface area contributed by atoms with E-state index >= 15 is 0 Å². The van der Waals surface area contributed by atoms with Crippen molar-refractivity contribution >= 4 is 40.3 Å². The van der Waals surface area contributed by atoms with Gasteiger partial charge in [0.05, 0.1) is 11.3 Å². The van der Waals surface area contributed by atoms with Gasteiger partial charge < -0.3 is 10.4 Å². The van der Waals surface area contributed by atoms with Crippen molar-refractivity contribution in [2.24, 2.45) is 0 Å². The van der Waals surface area contributed by atoms with E-state index < -0.39 is 11.3 Å². The maximum absolute atomic E-state index is 12.6. The highest BCUT2D eigenvalue weighted by Gasteiger charge is 2.40. The Labute approximate surface area is 142 Å².